The SMILES string of the molecule is CC(C)(C)S(=O)(=O)C(C)(C)[C@@](C)(O)c1ccccc1. The molecular weight excluding hydrogens is 260 g/mol. The van der Waals surface area contributed by atoms with Gasteiger partial charge in [-0.3, -0.25) is 0 Å². The summed E-state index contributed by atoms with van der Waals surface area (Å²) in [4.78, 5) is 0. The minimum atomic E-state index is -3.53. The van der Waals surface area contributed by atoms with Crippen LogP contribution in [-0.2, 0) is 15.4 Å². The standard InChI is InChI=1S/C15H24O3S/c1-13(2,3)19(17,18)14(4,5)15(6,16)12-10-8-7-9-11-12/h7-11,16H,1-6H3/t15-/m0/s1. The van der Waals surface area contributed by atoms with Crippen LogP contribution in [0.4, 0.5) is 0 Å². The zero-order chi connectivity index (χ0) is 15.1. The van der Waals surface area contributed by atoms with Crippen molar-refractivity contribution in [3.8, 4) is 0 Å². The quantitative estimate of drug-likeness (QED) is 0.928. The van der Waals surface area contributed by atoms with Gasteiger partial charge in [0, 0.05) is 0 Å². The Balaban J connectivity index is 3.43. The number of hydrogen-bond donors (Lipinski definition) is 1. The van der Waals surface area contributed by atoms with Crippen molar-refractivity contribution >= 4 is 9.84 Å². The van der Waals surface area contributed by atoms with Crippen molar-refractivity contribution in [1.29, 1.82) is 0 Å². The minimum Gasteiger partial charge on any atom is -0.384 e. The van der Waals surface area contributed by atoms with Crippen LogP contribution in [0.5, 0.6) is 0 Å². The van der Waals surface area contributed by atoms with Gasteiger partial charge >= 0.3 is 0 Å². The van der Waals surface area contributed by atoms with Crippen LogP contribution < -0.4 is 0 Å². The maximum Gasteiger partial charge on any atom is 0.163 e. The molecule has 0 aromatic heterocycles. The van der Waals surface area contributed by atoms with E-state index in [1.807, 2.05) is 6.07 Å². The highest BCUT2D eigenvalue weighted by Crippen LogP contribution is 2.42. The highest BCUT2D eigenvalue weighted by molar-refractivity contribution is 7.94. The van der Waals surface area contributed by atoms with Crippen LogP contribution in [-0.4, -0.2) is 23.0 Å². The monoisotopic (exact) mass is 284 g/mol. The molecule has 0 heterocycles. The van der Waals surface area contributed by atoms with E-state index in [2.05, 4.69) is 0 Å². The van der Waals surface area contributed by atoms with Gasteiger partial charge in [0.25, 0.3) is 0 Å². The van der Waals surface area contributed by atoms with Crippen molar-refractivity contribution in [1.82, 2.24) is 0 Å². The van der Waals surface area contributed by atoms with E-state index < -0.39 is 24.9 Å². The van der Waals surface area contributed by atoms with Gasteiger partial charge in [-0.05, 0) is 47.1 Å². The summed E-state index contributed by atoms with van der Waals surface area (Å²) in [5.74, 6) is 0. The van der Waals surface area contributed by atoms with E-state index in [4.69, 9.17) is 0 Å². The molecule has 0 spiro atoms. The van der Waals surface area contributed by atoms with Gasteiger partial charge in [-0.2, -0.15) is 0 Å². The fraction of sp³-hybridized carbons (Fsp3) is 0.600. The summed E-state index contributed by atoms with van der Waals surface area (Å²) < 4.78 is 23.3. The van der Waals surface area contributed by atoms with Crippen molar-refractivity contribution in [2.75, 3.05) is 0 Å². The fourth-order valence-corrected chi connectivity index (χ4v) is 4.31. The lowest BCUT2D eigenvalue weighted by Gasteiger charge is -2.43. The van der Waals surface area contributed by atoms with Crippen LogP contribution in [0.3, 0.4) is 0 Å². The summed E-state index contributed by atoms with van der Waals surface area (Å²) in [6.45, 7) is 9.70. The molecule has 1 atom stereocenters. The summed E-state index contributed by atoms with van der Waals surface area (Å²) in [7, 11) is -3.53. The van der Waals surface area contributed by atoms with Crippen molar-refractivity contribution in [2.45, 2.75) is 56.6 Å². The molecule has 108 valence electrons. The van der Waals surface area contributed by atoms with Crippen LogP contribution in [0, 0.1) is 0 Å². The van der Waals surface area contributed by atoms with Gasteiger partial charge in [0.05, 0.1) is 9.49 Å². The molecule has 4 heteroatoms. The van der Waals surface area contributed by atoms with Crippen LogP contribution in [0.25, 0.3) is 0 Å². The van der Waals surface area contributed by atoms with Crippen molar-refractivity contribution < 1.29 is 13.5 Å². The third-order valence-electron chi connectivity index (χ3n) is 3.99. The Hall–Kier alpha value is -0.870. The molecule has 0 saturated carbocycles. The van der Waals surface area contributed by atoms with Crippen LogP contribution in [0.15, 0.2) is 30.3 Å². The first-order valence-electron chi connectivity index (χ1n) is 6.38. The van der Waals surface area contributed by atoms with Crippen LogP contribution in [0.2, 0.25) is 0 Å². The van der Waals surface area contributed by atoms with E-state index in [-0.39, 0.29) is 0 Å². The number of rotatable bonds is 3. The summed E-state index contributed by atoms with van der Waals surface area (Å²) in [6, 6.07) is 8.93. The highest BCUT2D eigenvalue weighted by atomic mass is 32.2. The molecule has 0 amide bonds. The number of benzene rings is 1. The lowest BCUT2D eigenvalue weighted by atomic mass is 9.84. The molecular formula is C15H24O3S. The zero-order valence-electron chi connectivity index (χ0n) is 12.6. The zero-order valence-corrected chi connectivity index (χ0v) is 13.4. The molecule has 0 aliphatic heterocycles. The van der Waals surface area contributed by atoms with Gasteiger partial charge in [0.2, 0.25) is 0 Å². The molecule has 1 aromatic carbocycles. The van der Waals surface area contributed by atoms with E-state index >= 15 is 0 Å². The van der Waals surface area contributed by atoms with E-state index in [1.54, 1.807) is 65.8 Å². The Morgan fingerprint density at radius 3 is 1.68 bits per heavy atom. The second kappa shape index (κ2) is 4.60. The first-order chi connectivity index (χ1) is 8.36. The Labute approximate surface area is 116 Å². The Morgan fingerprint density at radius 2 is 1.32 bits per heavy atom. The molecule has 1 rings (SSSR count). The van der Waals surface area contributed by atoms with E-state index in [0.717, 1.165) is 0 Å². The molecule has 1 N–H and O–H groups in total. The van der Waals surface area contributed by atoms with Gasteiger partial charge in [-0.25, -0.2) is 8.42 Å². The predicted molar refractivity (Wildman–Crippen MR) is 78.8 cm³/mol. The predicted octanol–water partition coefficient (Wildman–Crippen LogP) is 2.89. The number of aliphatic hydroxyl groups is 1. The molecule has 0 bridgehead atoms. The summed E-state index contributed by atoms with van der Waals surface area (Å²) in [5.41, 5.74) is -0.853. The van der Waals surface area contributed by atoms with Crippen molar-refractivity contribution in [3.63, 3.8) is 0 Å². The average Bonchev–Trinajstić information content (AvgIpc) is 2.28. The highest BCUT2D eigenvalue weighted by Gasteiger charge is 2.54. The average molecular weight is 284 g/mol. The lowest BCUT2D eigenvalue weighted by Crippen LogP contribution is -2.56. The summed E-state index contributed by atoms with van der Waals surface area (Å²) in [5, 5.41) is 10.8. The van der Waals surface area contributed by atoms with Crippen LogP contribution in [0.1, 0.15) is 47.1 Å². The number of hydrogen-bond acceptors (Lipinski definition) is 3. The molecule has 19 heavy (non-hydrogen) atoms. The molecule has 0 aliphatic carbocycles. The third kappa shape index (κ3) is 2.43. The van der Waals surface area contributed by atoms with Crippen molar-refractivity contribution in [3.05, 3.63) is 35.9 Å². The molecule has 0 saturated heterocycles. The molecule has 3 nitrogen and oxygen atoms in total. The van der Waals surface area contributed by atoms with Gasteiger partial charge < -0.3 is 5.11 Å². The normalized spacial score (nSPS) is 17.0. The fourth-order valence-electron chi connectivity index (χ4n) is 2.14. The van der Waals surface area contributed by atoms with Crippen LogP contribution >= 0.6 is 0 Å². The first-order valence-corrected chi connectivity index (χ1v) is 7.86. The maximum absolute atomic E-state index is 12.7. The second-order valence-electron chi connectivity index (χ2n) is 6.56. The number of sulfone groups is 1. The van der Waals surface area contributed by atoms with Gasteiger partial charge in [0.15, 0.2) is 9.84 Å². The second-order valence-corrected chi connectivity index (χ2v) is 9.82. The van der Waals surface area contributed by atoms with E-state index in [0.29, 0.717) is 5.56 Å². The molecule has 0 radical (unpaired) electrons. The minimum absolute atomic E-state index is 0.604. The summed E-state index contributed by atoms with van der Waals surface area (Å²) >= 11 is 0. The van der Waals surface area contributed by atoms with Gasteiger partial charge in [-0.1, -0.05) is 30.3 Å². The van der Waals surface area contributed by atoms with Gasteiger partial charge in [0.1, 0.15) is 5.60 Å². The van der Waals surface area contributed by atoms with Gasteiger partial charge in [-0.15, -0.1) is 0 Å². The van der Waals surface area contributed by atoms with Crippen molar-refractivity contribution in [2.24, 2.45) is 0 Å². The molecule has 0 fully saturated rings. The Bertz CT molecular complexity index is 535. The smallest absolute Gasteiger partial charge is 0.163 e. The topological polar surface area (TPSA) is 54.4 Å². The van der Waals surface area contributed by atoms with E-state index in [9.17, 15) is 13.5 Å². The molecule has 0 aliphatic rings. The molecule has 0 unspecified atom stereocenters. The third-order valence-corrected chi connectivity index (χ3v) is 7.34. The first kappa shape index (κ1) is 16.2. The lowest BCUT2D eigenvalue weighted by molar-refractivity contribution is 0.0213. The maximum atomic E-state index is 12.7. The summed E-state index contributed by atoms with van der Waals surface area (Å²) in [6.07, 6.45) is 0. The largest absolute Gasteiger partial charge is 0.384 e. The Morgan fingerprint density at radius 1 is 0.895 bits per heavy atom. The van der Waals surface area contributed by atoms with E-state index in [1.165, 1.54) is 0 Å². The molecule has 1 aromatic rings. The Kier molecular flexibility index (Phi) is 3.92.